The van der Waals surface area contributed by atoms with Crippen LogP contribution >= 0.6 is 23.4 Å². The van der Waals surface area contributed by atoms with E-state index in [-0.39, 0.29) is 5.75 Å². The molecule has 2 nitrogen and oxygen atoms in total. The van der Waals surface area contributed by atoms with Gasteiger partial charge in [0.2, 0.25) is 0 Å². The fourth-order valence-electron chi connectivity index (χ4n) is 1.90. The van der Waals surface area contributed by atoms with Crippen molar-refractivity contribution in [1.29, 1.82) is 0 Å². The minimum Gasteiger partial charge on any atom is -0.508 e. The summed E-state index contributed by atoms with van der Waals surface area (Å²) in [6.07, 6.45) is 0. The molecule has 0 fully saturated rings. The molecule has 0 atom stereocenters. The summed E-state index contributed by atoms with van der Waals surface area (Å²) in [4.78, 5) is 1.88. The van der Waals surface area contributed by atoms with Crippen LogP contribution in [0.5, 0.6) is 5.75 Å². The van der Waals surface area contributed by atoms with E-state index in [0.717, 1.165) is 25.9 Å². The van der Waals surface area contributed by atoms with Gasteiger partial charge in [-0.3, -0.25) is 0 Å². The van der Waals surface area contributed by atoms with Crippen LogP contribution in [-0.4, -0.2) is 5.11 Å². The SMILES string of the molecule is Cc1cc(C)c(Sc2cc(N)c(C)c(O)c2)c(Cl)c1. The third-order valence-electron chi connectivity index (χ3n) is 2.99. The summed E-state index contributed by atoms with van der Waals surface area (Å²) in [7, 11) is 0. The molecule has 0 heterocycles. The predicted octanol–water partition coefficient (Wildman–Crippen LogP) is 4.70. The van der Waals surface area contributed by atoms with Crippen molar-refractivity contribution in [1.82, 2.24) is 0 Å². The molecule has 0 aliphatic carbocycles. The van der Waals surface area contributed by atoms with E-state index in [0.29, 0.717) is 11.3 Å². The molecule has 0 unspecified atom stereocenters. The zero-order valence-electron chi connectivity index (χ0n) is 11.1. The maximum absolute atomic E-state index is 9.82. The van der Waals surface area contributed by atoms with Gasteiger partial charge in [-0.1, -0.05) is 29.4 Å². The van der Waals surface area contributed by atoms with Crippen LogP contribution in [-0.2, 0) is 0 Å². The lowest BCUT2D eigenvalue weighted by Gasteiger charge is -2.11. The fraction of sp³-hybridized carbons (Fsp3) is 0.200. The summed E-state index contributed by atoms with van der Waals surface area (Å²) >= 11 is 7.80. The van der Waals surface area contributed by atoms with Crippen molar-refractivity contribution in [3.63, 3.8) is 0 Å². The molecule has 0 bridgehead atoms. The summed E-state index contributed by atoms with van der Waals surface area (Å²) < 4.78 is 0. The van der Waals surface area contributed by atoms with Crippen LogP contribution in [0.25, 0.3) is 0 Å². The summed E-state index contributed by atoms with van der Waals surface area (Å²) in [6.45, 7) is 5.84. The fourth-order valence-corrected chi connectivity index (χ4v) is 3.31. The van der Waals surface area contributed by atoms with E-state index in [1.807, 2.05) is 26.0 Å². The van der Waals surface area contributed by atoms with Gasteiger partial charge in [0.05, 0.1) is 5.02 Å². The topological polar surface area (TPSA) is 46.2 Å². The van der Waals surface area contributed by atoms with Crippen LogP contribution in [0.1, 0.15) is 16.7 Å². The number of benzene rings is 2. The highest BCUT2D eigenvalue weighted by molar-refractivity contribution is 7.99. The monoisotopic (exact) mass is 293 g/mol. The van der Waals surface area contributed by atoms with Crippen molar-refractivity contribution >= 4 is 29.1 Å². The average Bonchev–Trinajstić information content (AvgIpc) is 2.30. The van der Waals surface area contributed by atoms with Gasteiger partial charge in [-0.15, -0.1) is 0 Å². The molecule has 3 N–H and O–H groups in total. The number of aromatic hydroxyl groups is 1. The molecule has 0 spiro atoms. The first-order valence-electron chi connectivity index (χ1n) is 5.92. The van der Waals surface area contributed by atoms with E-state index in [1.54, 1.807) is 13.0 Å². The van der Waals surface area contributed by atoms with Crippen LogP contribution in [0.3, 0.4) is 0 Å². The first-order valence-corrected chi connectivity index (χ1v) is 7.11. The van der Waals surface area contributed by atoms with Crippen molar-refractivity contribution in [3.8, 4) is 5.75 Å². The summed E-state index contributed by atoms with van der Waals surface area (Å²) in [6, 6.07) is 7.60. The highest BCUT2D eigenvalue weighted by Gasteiger charge is 2.10. The molecule has 0 saturated heterocycles. The molecule has 0 saturated carbocycles. The minimum atomic E-state index is 0.211. The molecule has 4 heteroatoms. The Kier molecular flexibility index (Phi) is 3.97. The lowest BCUT2D eigenvalue weighted by atomic mass is 10.2. The van der Waals surface area contributed by atoms with E-state index in [1.165, 1.54) is 11.8 Å². The number of hydrogen-bond acceptors (Lipinski definition) is 3. The third-order valence-corrected chi connectivity index (χ3v) is 4.62. The Hall–Kier alpha value is -1.32. The highest BCUT2D eigenvalue weighted by atomic mass is 35.5. The van der Waals surface area contributed by atoms with Crippen LogP contribution < -0.4 is 5.73 Å². The summed E-state index contributed by atoms with van der Waals surface area (Å²) in [5.41, 5.74) is 9.42. The maximum Gasteiger partial charge on any atom is 0.121 e. The largest absolute Gasteiger partial charge is 0.508 e. The van der Waals surface area contributed by atoms with E-state index in [9.17, 15) is 5.11 Å². The Morgan fingerprint density at radius 3 is 2.37 bits per heavy atom. The third kappa shape index (κ3) is 2.99. The summed E-state index contributed by atoms with van der Waals surface area (Å²) in [5.74, 6) is 0.211. The van der Waals surface area contributed by atoms with Gasteiger partial charge in [-0.25, -0.2) is 0 Å². The average molecular weight is 294 g/mol. The maximum atomic E-state index is 9.82. The second-order valence-corrected chi connectivity index (χ2v) is 6.14. The first-order chi connectivity index (χ1) is 8.88. The number of nitrogen functional groups attached to an aromatic ring is 1. The quantitative estimate of drug-likeness (QED) is 0.789. The molecule has 0 amide bonds. The number of phenols is 1. The van der Waals surface area contributed by atoms with Gasteiger partial charge in [0, 0.05) is 21.0 Å². The van der Waals surface area contributed by atoms with Gasteiger partial charge in [0.1, 0.15) is 5.75 Å². The van der Waals surface area contributed by atoms with Crippen molar-refractivity contribution in [2.24, 2.45) is 0 Å². The molecule has 2 aromatic carbocycles. The molecule has 0 radical (unpaired) electrons. The Morgan fingerprint density at radius 2 is 1.79 bits per heavy atom. The molecular weight excluding hydrogens is 278 g/mol. The van der Waals surface area contributed by atoms with E-state index in [2.05, 4.69) is 6.07 Å². The zero-order chi connectivity index (χ0) is 14.2. The van der Waals surface area contributed by atoms with Gasteiger partial charge < -0.3 is 10.8 Å². The van der Waals surface area contributed by atoms with E-state index in [4.69, 9.17) is 17.3 Å². The van der Waals surface area contributed by atoms with Gasteiger partial charge in [-0.2, -0.15) is 0 Å². The molecule has 19 heavy (non-hydrogen) atoms. The van der Waals surface area contributed by atoms with Gasteiger partial charge in [-0.05, 0) is 50.1 Å². The predicted molar refractivity (Wildman–Crippen MR) is 82.3 cm³/mol. The van der Waals surface area contributed by atoms with Gasteiger partial charge in [0.15, 0.2) is 0 Å². The lowest BCUT2D eigenvalue weighted by molar-refractivity contribution is 0.470. The van der Waals surface area contributed by atoms with Crippen LogP contribution in [0.15, 0.2) is 34.1 Å². The Balaban J connectivity index is 2.42. The number of hydrogen-bond donors (Lipinski definition) is 2. The van der Waals surface area contributed by atoms with Gasteiger partial charge in [0.25, 0.3) is 0 Å². The lowest BCUT2D eigenvalue weighted by Crippen LogP contribution is -1.91. The second-order valence-electron chi connectivity index (χ2n) is 4.65. The molecule has 2 rings (SSSR count). The van der Waals surface area contributed by atoms with Crippen molar-refractivity contribution < 1.29 is 5.11 Å². The van der Waals surface area contributed by atoms with E-state index >= 15 is 0 Å². The van der Waals surface area contributed by atoms with Crippen LogP contribution in [0, 0.1) is 20.8 Å². The number of rotatable bonds is 2. The van der Waals surface area contributed by atoms with Crippen LogP contribution in [0.4, 0.5) is 5.69 Å². The minimum absolute atomic E-state index is 0.211. The van der Waals surface area contributed by atoms with Crippen molar-refractivity contribution in [2.75, 3.05) is 5.73 Å². The molecule has 0 aromatic heterocycles. The Morgan fingerprint density at radius 1 is 1.11 bits per heavy atom. The van der Waals surface area contributed by atoms with Crippen LogP contribution in [0.2, 0.25) is 5.02 Å². The van der Waals surface area contributed by atoms with E-state index < -0.39 is 0 Å². The Labute approximate surface area is 122 Å². The number of nitrogens with two attached hydrogens (primary N) is 1. The zero-order valence-corrected chi connectivity index (χ0v) is 12.7. The number of phenolic OH excluding ortho intramolecular Hbond substituents is 1. The standard InChI is InChI=1S/C15H16ClNOS/c1-8-4-9(2)15(12(16)5-8)19-11-6-13(17)10(3)14(18)7-11/h4-7,18H,17H2,1-3H3. The van der Waals surface area contributed by atoms with Crippen molar-refractivity contribution in [3.05, 3.63) is 46.0 Å². The molecule has 0 aliphatic rings. The Bertz CT molecular complexity index is 594. The molecule has 2 aromatic rings. The number of halogens is 1. The summed E-state index contributed by atoms with van der Waals surface area (Å²) in [5, 5.41) is 10.5. The smallest absolute Gasteiger partial charge is 0.121 e. The second kappa shape index (κ2) is 5.35. The van der Waals surface area contributed by atoms with Gasteiger partial charge >= 0.3 is 0 Å². The molecule has 0 aliphatic heterocycles. The number of aryl methyl sites for hydroxylation is 2. The molecular formula is C15H16ClNOS. The van der Waals surface area contributed by atoms with Crippen molar-refractivity contribution in [2.45, 2.75) is 30.6 Å². The highest BCUT2D eigenvalue weighted by Crippen LogP contribution is 2.39. The number of anilines is 1. The first kappa shape index (κ1) is 14.1. The normalized spacial score (nSPS) is 10.7. The molecule has 100 valence electrons.